The van der Waals surface area contributed by atoms with E-state index in [-0.39, 0.29) is 18.9 Å². The average Bonchev–Trinajstić information content (AvgIpc) is 2.79. The van der Waals surface area contributed by atoms with Crippen LogP contribution in [0.1, 0.15) is 6.42 Å². The molecular weight excluding hydrogens is 394 g/mol. The first-order chi connectivity index (χ1) is 15.1. The van der Waals surface area contributed by atoms with Crippen LogP contribution in [-0.4, -0.2) is 30.4 Å². The molecule has 1 aliphatic heterocycles. The summed E-state index contributed by atoms with van der Waals surface area (Å²) in [4.78, 5) is 39.9. The highest BCUT2D eigenvalue weighted by Gasteiger charge is 2.38. The van der Waals surface area contributed by atoms with Crippen LogP contribution >= 0.6 is 0 Å². The summed E-state index contributed by atoms with van der Waals surface area (Å²) < 4.78 is 5.60. The number of carbonyl (C=O) groups is 3. The summed E-state index contributed by atoms with van der Waals surface area (Å²) in [6.07, 6.45) is -0.188. The van der Waals surface area contributed by atoms with Crippen molar-refractivity contribution in [2.24, 2.45) is 0 Å². The molecule has 3 amide bonds. The second-order valence-electron chi connectivity index (χ2n) is 7.01. The van der Waals surface area contributed by atoms with Gasteiger partial charge in [-0.2, -0.15) is 0 Å². The molecule has 0 bridgehead atoms. The fraction of sp³-hybridized carbons (Fsp3) is 0.125. The van der Waals surface area contributed by atoms with Crippen molar-refractivity contribution in [2.75, 3.05) is 22.1 Å². The van der Waals surface area contributed by atoms with E-state index in [0.29, 0.717) is 22.8 Å². The van der Waals surface area contributed by atoms with E-state index in [1.54, 1.807) is 72.8 Å². The Bertz CT molecular complexity index is 1090. The molecule has 1 heterocycles. The van der Waals surface area contributed by atoms with E-state index in [1.807, 2.05) is 12.1 Å². The van der Waals surface area contributed by atoms with Gasteiger partial charge in [0, 0.05) is 5.69 Å². The Hall–Kier alpha value is -4.13. The summed E-state index contributed by atoms with van der Waals surface area (Å²) in [5.41, 5.74) is 1.66. The van der Waals surface area contributed by atoms with Gasteiger partial charge < -0.3 is 15.4 Å². The number of anilines is 3. The number of para-hydroxylation sites is 4. The molecule has 0 aliphatic carbocycles. The first-order valence-corrected chi connectivity index (χ1v) is 9.86. The Morgan fingerprint density at radius 1 is 0.903 bits per heavy atom. The number of nitrogens with one attached hydrogen (secondary N) is 2. The molecule has 3 aromatic rings. The third-order valence-electron chi connectivity index (χ3n) is 4.85. The Morgan fingerprint density at radius 2 is 1.55 bits per heavy atom. The van der Waals surface area contributed by atoms with E-state index in [2.05, 4.69) is 10.6 Å². The highest BCUT2D eigenvalue weighted by molar-refractivity contribution is 6.14. The maximum Gasteiger partial charge on any atom is 0.265 e. The lowest BCUT2D eigenvalue weighted by Gasteiger charge is -2.36. The van der Waals surface area contributed by atoms with Crippen molar-refractivity contribution in [1.29, 1.82) is 0 Å². The number of ether oxygens (including phenoxy) is 1. The summed E-state index contributed by atoms with van der Waals surface area (Å²) in [6.45, 7) is -0.261. The van der Waals surface area contributed by atoms with Gasteiger partial charge in [-0.15, -0.1) is 0 Å². The number of hydrogen-bond donors (Lipinski definition) is 2. The number of hydrogen-bond acceptors (Lipinski definition) is 4. The molecule has 0 saturated carbocycles. The number of amides is 3. The van der Waals surface area contributed by atoms with Crippen LogP contribution in [0.5, 0.6) is 5.75 Å². The van der Waals surface area contributed by atoms with Crippen molar-refractivity contribution in [3.05, 3.63) is 84.9 Å². The molecule has 7 heteroatoms. The third-order valence-corrected chi connectivity index (χ3v) is 4.85. The summed E-state index contributed by atoms with van der Waals surface area (Å²) in [5, 5.41) is 5.55. The van der Waals surface area contributed by atoms with E-state index < -0.39 is 17.9 Å². The minimum absolute atomic E-state index is 0.188. The molecule has 4 rings (SSSR count). The largest absolute Gasteiger partial charge is 0.484 e. The fourth-order valence-electron chi connectivity index (χ4n) is 3.42. The first kappa shape index (κ1) is 20.2. The normalized spacial score (nSPS) is 14.9. The van der Waals surface area contributed by atoms with Gasteiger partial charge in [0.25, 0.3) is 5.91 Å². The monoisotopic (exact) mass is 415 g/mol. The van der Waals surface area contributed by atoms with E-state index >= 15 is 0 Å². The lowest BCUT2D eigenvalue weighted by molar-refractivity contribution is -0.127. The van der Waals surface area contributed by atoms with Gasteiger partial charge in [-0.1, -0.05) is 48.5 Å². The molecule has 3 aromatic carbocycles. The predicted octanol–water partition coefficient (Wildman–Crippen LogP) is 3.45. The van der Waals surface area contributed by atoms with Gasteiger partial charge in [-0.05, 0) is 36.4 Å². The molecule has 1 aliphatic rings. The van der Waals surface area contributed by atoms with Crippen molar-refractivity contribution >= 4 is 34.8 Å². The first-order valence-electron chi connectivity index (χ1n) is 9.86. The van der Waals surface area contributed by atoms with Crippen LogP contribution in [0.2, 0.25) is 0 Å². The molecule has 7 nitrogen and oxygen atoms in total. The molecule has 0 aromatic heterocycles. The molecule has 0 spiro atoms. The maximum atomic E-state index is 13.1. The number of rotatable bonds is 6. The van der Waals surface area contributed by atoms with Gasteiger partial charge in [-0.25, -0.2) is 0 Å². The third kappa shape index (κ3) is 4.72. The van der Waals surface area contributed by atoms with Crippen LogP contribution in [0.4, 0.5) is 17.1 Å². The lowest BCUT2D eigenvalue weighted by Crippen LogP contribution is -2.53. The molecule has 2 N–H and O–H groups in total. The van der Waals surface area contributed by atoms with Gasteiger partial charge in [0.05, 0.1) is 17.8 Å². The zero-order valence-corrected chi connectivity index (χ0v) is 16.7. The molecule has 0 radical (unpaired) electrons. The number of carbonyl (C=O) groups excluding carboxylic acids is 3. The number of nitrogens with zero attached hydrogens (tertiary/aromatic N) is 1. The Labute approximate surface area is 179 Å². The van der Waals surface area contributed by atoms with Gasteiger partial charge >= 0.3 is 0 Å². The van der Waals surface area contributed by atoms with Gasteiger partial charge in [0.15, 0.2) is 6.61 Å². The second kappa shape index (κ2) is 9.13. The van der Waals surface area contributed by atoms with E-state index in [1.165, 1.54) is 4.90 Å². The van der Waals surface area contributed by atoms with E-state index in [9.17, 15) is 14.4 Å². The SMILES string of the molecule is O=C(CC1C(=O)Nc2ccccc2N1C(=O)COc1ccccc1)Nc1ccccc1. The molecule has 1 unspecified atom stereocenters. The zero-order chi connectivity index (χ0) is 21.6. The summed E-state index contributed by atoms with van der Waals surface area (Å²) >= 11 is 0. The van der Waals surface area contributed by atoms with Gasteiger partial charge in [-0.3, -0.25) is 19.3 Å². The lowest BCUT2D eigenvalue weighted by atomic mass is 10.0. The summed E-state index contributed by atoms with van der Waals surface area (Å²) in [5.74, 6) is -0.657. The van der Waals surface area contributed by atoms with Crippen LogP contribution in [0, 0.1) is 0 Å². The fourth-order valence-corrected chi connectivity index (χ4v) is 3.42. The van der Waals surface area contributed by atoms with Crippen LogP contribution in [0.3, 0.4) is 0 Å². The van der Waals surface area contributed by atoms with Crippen LogP contribution in [0.15, 0.2) is 84.9 Å². The van der Waals surface area contributed by atoms with Gasteiger partial charge in [0.2, 0.25) is 11.8 Å². The molecule has 31 heavy (non-hydrogen) atoms. The minimum Gasteiger partial charge on any atom is -0.484 e. The Balaban J connectivity index is 1.55. The minimum atomic E-state index is -0.995. The van der Waals surface area contributed by atoms with Crippen molar-refractivity contribution < 1.29 is 19.1 Å². The summed E-state index contributed by atoms with van der Waals surface area (Å²) in [6, 6.07) is 23.9. The topological polar surface area (TPSA) is 87.7 Å². The molecule has 156 valence electrons. The number of fused-ring (bicyclic) bond motifs is 1. The molecular formula is C24H21N3O4. The molecule has 1 atom stereocenters. The standard InChI is InChI=1S/C24H21N3O4/c28-22(25-17-9-3-1-4-10-17)15-21-24(30)26-19-13-7-8-14-20(19)27(21)23(29)16-31-18-11-5-2-6-12-18/h1-14,21H,15-16H2,(H,25,28)(H,26,30). The highest BCUT2D eigenvalue weighted by Crippen LogP contribution is 2.33. The molecule has 0 fully saturated rings. The highest BCUT2D eigenvalue weighted by atomic mass is 16.5. The second-order valence-corrected chi connectivity index (χ2v) is 7.01. The predicted molar refractivity (Wildman–Crippen MR) is 118 cm³/mol. The Morgan fingerprint density at radius 3 is 2.29 bits per heavy atom. The van der Waals surface area contributed by atoms with Crippen LogP contribution in [-0.2, 0) is 14.4 Å². The summed E-state index contributed by atoms with van der Waals surface area (Å²) in [7, 11) is 0. The van der Waals surface area contributed by atoms with Gasteiger partial charge in [0.1, 0.15) is 11.8 Å². The van der Waals surface area contributed by atoms with Crippen molar-refractivity contribution in [3.63, 3.8) is 0 Å². The van der Waals surface area contributed by atoms with E-state index in [0.717, 1.165) is 0 Å². The van der Waals surface area contributed by atoms with Crippen LogP contribution in [0.25, 0.3) is 0 Å². The zero-order valence-electron chi connectivity index (χ0n) is 16.7. The smallest absolute Gasteiger partial charge is 0.265 e. The van der Waals surface area contributed by atoms with Crippen molar-refractivity contribution in [2.45, 2.75) is 12.5 Å². The number of benzene rings is 3. The van der Waals surface area contributed by atoms with Crippen molar-refractivity contribution in [3.8, 4) is 5.75 Å². The maximum absolute atomic E-state index is 13.1. The van der Waals surface area contributed by atoms with Crippen molar-refractivity contribution in [1.82, 2.24) is 0 Å². The molecule has 0 saturated heterocycles. The van der Waals surface area contributed by atoms with E-state index in [4.69, 9.17) is 4.74 Å². The van der Waals surface area contributed by atoms with Crippen LogP contribution < -0.4 is 20.3 Å². The quantitative estimate of drug-likeness (QED) is 0.646. The average molecular weight is 415 g/mol. The Kier molecular flexibility index (Phi) is 5.93.